The van der Waals surface area contributed by atoms with Crippen LogP contribution in [-0.2, 0) is 0 Å². The first-order valence-electron chi connectivity index (χ1n) is 7.30. The molecule has 6 heteroatoms. The second-order valence-corrected chi connectivity index (χ2v) is 5.53. The fraction of sp³-hybridized carbons (Fsp3) is 0.467. The van der Waals surface area contributed by atoms with Gasteiger partial charge >= 0.3 is 11.7 Å². The smallest absolute Gasteiger partial charge is 0.335 e. The highest BCUT2D eigenvalue weighted by Gasteiger charge is 2.23. The summed E-state index contributed by atoms with van der Waals surface area (Å²) >= 11 is 0. The number of piperidine rings is 1. The first-order chi connectivity index (χ1) is 10.1. The van der Waals surface area contributed by atoms with Crippen LogP contribution in [-0.4, -0.2) is 45.2 Å². The molecule has 0 amide bonds. The van der Waals surface area contributed by atoms with Crippen LogP contribution in [0.4, 0.5) is 0 Å². The van der Waals surface area contributed by atoms with E-state index in [0.29, 0.717) is 5.52 Å². The Morgan fingerprint density at radius 2 is 2.29 bits per heavy atom. The molecule has 1 atom stereocenters. The summed E-state index contributed by atoms with van der Waals surface area (Å²) < 4.78 is 1.78. The lowest BCUT2D eigenvalue weighted by molar-refractivity contribution is 0.0697. The molecule has 3 rings (SSSR count). The number of likely N-dealkylation sites (N-methyl/N-ethyl adjacent to an activating group) is 1. The molecule has 0 aliphatic carbocycles. The maximum absolute atomic E-state index is 12.3. The molecule has 0 saturated carbocycles. The van der Waals surface area contributed by atoms with E-state index in [1.54, 1.807) is 16.7 Å². The number of aromatic nitrogens is 2. The fourth-order valence-corrected chi connectivity index (χ4v) is 3.16. The van der Waals surface area contributed by atoms with Gasteiger partial charge < -0.3 is 15.0 Å². The Morgan fingerprint density at radius 1 is 1.48 bits per heavy atom. The third kappa shape index (κ3) is 2.47. The number of carbonyl (C=O) groups is 1. The Balaban J connectivity index is 2.04. The Bertz CT molecular complexity index is 731. The normalized spacial score (nSPS) is 20.0. The molecule has 1 aromatic carbocycles. The number of hydrogen-bond acceptors (Lipinski definition) is 3. The molecule has 1 unspecified atom stereocenters. The monoisotopic (exact) mass is 289 g/mol. The standard InChI is InChI=1S/C15H19N3O3/c1-2-17-7-3-4-11(9-17)18-13-6-5-10(14(19)20)8-12(13)16-15(18)21/h5-6,8,11H,2-4,7,9H2,1H3,(H,16,21)(H,19,20). The highest BCUT2D eigenvalue weighted by Crippen LogP contribution is 2.24. The van der Waals surface area contributed by atoms with Gasteiger partial charge in [-0.05, 0) is 44.1 Å². The van der Waals surface area contributed by atoms with Crippen LogP contribution in [0.3, 0.4) is 0 Å². The SMILES string of the molecule is CCN1CCCC(n2c(=O)[nH]c3cc(C(=O)O)ccc32)C1. The van der Waals surface area contributed by atoms with Crippen molar-refractivity contribution in [3.63, 3.8) is 0 Å². The largest absolute Gasteiger partial charge is 0.478 e. The number of H-pyrrole nitrogens is 1. The van der Waals surface area contributed by atoms with Gasteiger partial charge in [0.25, 0.3) is 0 Å². The predicted octanol–water partition coefficient (Wildman–Crippen LogP) is 1.68. The number of carboxylic acids is 1. The summed E-state index contributed by atoms with van der Waals surface area (Å²) in [5.41, 5.74) is 1.41. The zero-order chi connectivity index (χ0) is 15.0. The molecule has 0 bridgehead atoms. The molecular formula is C15H19N3O3. The summed E-state index contributed by atoms with van der Waals surface area (Å²) in [4.78, 5) is 28.4. The van der Waals surface area contributed by atoms with E-state index < -0.39 is 5.97 Å². The molecule has 1 aliphatic heterocycles. The van der Waals surface area contributed by atoms with Crippen molar-refractivity contribution < 1.29 is 9.90 Å². The van der Waals surface area contributed by atoms with Gasteiger partial charge in [0.1, 0.15) is 0 Å². The van der Waals surface area contributed by atoms with E-state index in [1.807, 2.05) is 0 Å². The molecule has 0 radical (unpaired) electrons. The zero-order valence-corrected chi connectivity index (χ0v) is 12.0. The number of rotatable bonds is 3. The highest BCUT2D eigenvalue weighted by molar-refractivity contribution is 5.92. The quantitative estimate of drug-likeness (QED) is 0.901. The van der Waals surface area contributed by atoms with Gasteiger partial charge in [-0.3, -0.25) is 4.57 Å². The summed E-state index contributed by atoms with van der Waals surface area (Å²) in [6.45, 7) is 5.05. The van der Waals surface area contributed by atoms with Crippen LogP contribution < -0.4 is 5.69 Å². The van der Waals surface area contributed by atoms with Gasteiger partial charge in [0.15, 0.2) is 0 Å². The highest BCUT2D eigenvalue weighted by atomic mass is 16.4. The van der Waals surface area contributed by atoms with Gasteiger partial charge in [0.05, 0.1) is 22.6 Å². The number of fused-ring (bicyclic) bond motifs is 1. The first-order valence-corrected chi connectivity index (χ1v) is 7.30. The number of hydrogen-bond donors (Lipinski definition) is 2. The van der Waals surface area contributed by atoms with Crippen molar-refractivity contribution in [2.24, 2.45) is 0 Å². The van der Waals surface area contributed by atoms with Gasteiger partial charge in [-0.15, -0.1) is 0 Å². The van der Waals surface area contributed by atoms with Crippen LogP contribution in [0.25, 0.3) is 11.0 Å². The van der Waals surface area contributed by atoms with E-state index in [2.05, 4.69) is 16.8 Å². The number of nitrogens with zero attached hydrogens (tertiary/aromatic N) is 2. The molecule has 1 aliphatic rings. The summed E-state index contributed by atoms with van der Waals surface area (Å²) in [5.74, 6) is -0.986. The van der Waals surface area contributed by atoms with E-state index in [-0.39, 0.29) is 17.3 Å². The number of aromatic amines is 1. The average Bonchev–Trinajstić information content (AvgIpc) is 2.82. The molecule has 1 aromatic heterocycles. The topological polar surface area (TPSA) is 78.3 Å². The maximum atomic E-state index is 12.3. The van der Waals surface area contributed by atoms with Crippen molar-refractivity contribution in [1.29, 1.82) is 0 Å². The average molecular weight is 289 g/mol. The van der Waals surface area contributed by atoms with Crippen LogP contribution in [0.1, 0.15) is 36.2 Å². The van der Waals surface area contributed by atoms with Crippen molar-refractivity contribution in [1.82, 2.24) is 14.5 Å². The van der Waals surface area contributed by atoms with Crippen molar-refractivity contribution in [2.75, 3.05) is 19.6 Å². The number of aromatic carboxylic acids is 1. The lowest BCUT2D eigenvalue weighted by Crippen LogP contribution is -2.38. The Labute approximate surface area is 122 Å². The Kier molecular flexibility index (Phi) is 3.55. The van der Waals surface area contributed by atoms with Crippen LogP contribution in [0, 0.1) is 0 Å². The lowest BCUT2D eigenvalue weighted by Gasteiger charge is -2.32. The minimum atomic E-state index is -0.986. The minimum absolute atomic E-state index is 0.149. The van der Waals surface area contributed by atoms with E-state index in [1.165, 1.54) is 6.07 Å². The summed E-state index contributed by atoms with van der Waals surface area (Å²) in [5, 5.41) is 9.03. The van der Waals surface area contributed by atoms with Crippen molar-refractivity contribution in [2.45, 2.75) is 25.8 Å². The number of likely N-dealkylation sites (tertiary alicyclic amines) is 1. The van der Waals surface area contributed by atoms with E-state index in [4.69, 9.17) is 5.11 Å². The third-order valence-electron chi connectivity index (χ3n) is 4.26. The molecule has 2 aromatic rings. The van der Waals surface area contributed by atoms with E-state index in [9.17, 15) is 9.59 Å². The summed E-state index contributed by atoms with van der Waals surface area (Å²) in [6.07, 6.45) is 2.05. The molecule has 0 spiro atoms. The third-order valence-corrected chi connectivity index (χ3v) is 4.26. The molecule has 21 heavy (non-hydrogen) atoms. The van der Waals surface area contributed by atoms with Crippen LogP contribution in [0.5, 0.6) is 0 Å². The van der Waals surface area contributed by atoms with Gasteiger partial charge in [-0.1, -0.05) is 6.92 Å². The fourth-order valence-electron chi connectivity index (χ4n) is 3.16. The van der Waals surface area contributed by atoms with Crippen molar-refractivity contribution in [3.8, 4) is 0 Å². The molecule has 112 valence electrons. The number of benzene rings is 1. The number of imidazole rings is 1. The van der Waals surface area contributed by atoms with Gasteiger partial charge in [-0.2, -0.15) is 0 Å². The van der Waals surface area contributed by atoms with Crippen LogP contribution in [0.15, 0.2) is 23.0 Å². The summed E-state index contributed by atoms with van der Waals surface area (Å²) in [6, 6.07) is 4.95. The molecule has 6 nitrogen and oxygen atoms in total. The van der Waals surface area contributed by atoms with Crippen LogP contribution >= 0.6 is 0 Å². The molecule has 2 N–H and O–H groups in total. The number of carboxylic acid groups (broad SMARTS) is 1. The molecule has 1 fully saturated rings. The van der Waals surface area contributed by atoms with Gasteiger partial charge in [0, 0.05) is 6.54 Å². The van der Waals surface area contributed by atoms with E-state index >= 15 is 0 Å². The number of nitrogens with one attached hydrogen (secondary N) is 1. The summed E-state index contributed by atoms with van der Waals surface area (Å²) in [7, 11) is 0. The Hall–Kier alpha value is -2.08. The molecule has 2 heterocycles. The Morgan fingerprint density at radius 3 is 3.00 bits per heavy atom. The lowest BCUT2D eigenvalue weighted by atomic mass is 10.1. The van der Waals surface area contributed by atoms with Crippen molar-refractivity contribution in [3.05, 3.63) is 34.2 Å². The van der Waals surface area contributed by atoms with Gasteiger partial charge in [0.2, 0.25) is 0 Å². The van der Waals surface area contributed by atoms with Crippen molar-refractivity contribution >= 4 is 17.0 Å². The van der Waals surface area contributed by atoms with Crippen LogP contribution in [0.2, 0.25) is 0 Å². The zero-order valence-electron chi connectivity index (χ0n) is 12.0. The van der Waals surface area contributed by atoms with Gasteiger partial charge in [-0.25, -0.2) is 9.59 Å². The van der Waals surface area contributed by atoms with E-state index in [0.717, 1.165) is 38.0 Å². The molecule has 1 saturated heterocycles. The predicted molar refractivity (Wildman–Crippen MR) is 79.9 cm³/mol. The molecular weight excluding hydrogens is 270 g/mol. The first kappa shape index (κ1) is 13.9. The second-order valence-electron chi connectivity index (χ2n) is 5.53. The second kappa shape index (κ2) is 5.37. The minimum Gasteiger partial charge on any atom is -0.478 e. The maximum Gasteiger partial charge on any atom is 0.335 e.